The third kappa shape index (κ3) is 1.92. The van der Waals surface area contributed by atoms with E-state index in [4.69, 9.17) is 0 Å². The molecule has 5 heteroatoms. The summed E-state index contributed by atoms with van der Waals surface area (Å²) in [6.07, 6.45) is 4.21. The van der Waals surface area contributed by atoms with E-state index >= 15 is 0 Å². The van der Waals surface area contributed by atoms with Crippen LogP contribution in [-0.2, 0) is 6.42 Å². The average molecular weight is 248 g/mol. The van der Waals surface area contributed by atoms with E-state index in [2.05, 4.69) is 27.3 Å². The number of fused-ring (bicyclic) bond motifs is 2. The molecule has 1 amide bonds. The highest BCUT2D eigenvalue weighted by Gasteiger charge is 2.38. The Morgan fingerprint density at radius 2 is 2.28 bits per heavy atom. The van der Waals surface area contributed by atoms with Gasteiger partial charge >= 0.3 is 0 Å². The minimum absolute atomic E-state index is 0.0992. The molecule has 2 unspecified atom stereocenters. The van der Waals surface area contributed by atoms with Crippen LogP contribution in [0.1, 0.15) is 42.4 Å². The number of aryl methyl sites for hydroxylation is 1. The lowest BCUT2D eigenvalue weighted by atomic mass is 10.1. The van der Waals surface area contributed by atoms with Gasteiger partial charge in [0.25, 0.3) is 5.91 Å². The zero-order valence-corrected chi connectivity index (χ0v) is 10.8. The van der Waals surface area contributed by atoms with Crippen molar-refractivity contribution >= 4 is 5.91 Å². The lowest BCUT2D eigenvalue weighted by molar-refractivity contribution is 0.0674. The zero-order chi connectivity index (χ0) is 12.5. The van der Waals surface area contributed by atoms with Gasteiger partial charge in [0.05, 0.1) is 0 Å². The molecule has 3 rings (SSSR count). The number of H-pyrrole nitrogens is 1. The molecule has 0 aromatic carbocycles. The van der Waals surface area contributed by atoms with E-state index in [0.29, 0.717) is 17.8 Å². The van der Waals surface area contributed by atoms with Crippen molar-refractivity contribution in [3.8, 4) is 0 Å². The maximum atomic E-state index is 12.6. The van der Waals surface area contributed by atoms with Gasteiger partial charge < -0.3 is 10.2 Å². The lowest BCUT2D eigenvalue weighted by Gasteiger charge is -2.26. The molecule has 2 fully saturated rings. The van der Waals surface area contributed by atoms with Crippen LogP contribution in [-0.4, -0.2) is 46.2 Å². The van der Waals surface area contributed by atoms with Gasteiger partial charge in [-0.3, -0.25) is 9.89 Å². The summed E-state index contributed by atoms with van der Waals surface area (Å²) in [6, 6.07) is 2.64. The third-order valence-electron chi connectivity index (χ3n) is 4.12. The molecule has 98 valence electrons. The van der Waals surface area contributed by atoms with Gasteiger partial charge in [0.15, 0.2) is 0 Å². The molecule has 18 heavy (non-hydrogen) atoms. The summed E-state index contributed by atoms with van der Waals surface area (Å²) in [5.74, 6) is 0.0992. The molecule has 0 aliphatic carbocycles. The molecule has 2 aliphatic rings. The van der Waals surface area contributed by atoms with Crippen molar-refractivity contribution < 1.29 is 4.79 Å². The number of nitrogens with zero attached hydrogens (tertiary/aromatic N) is 2. The Labute approximate surface area is 107 Å². The summed E-state index contributed by atoms with van der Waals surface area (Å²) in [5, 5.41) is 10.5. The van der Waals surface area contributed by atoms with E-state index in [0.717, 1.165) is 44.5 Å². The van der Waals surface area contributed by atoms with Crippen LogP contribution >= 0.6 is 0 Å². The van der Waals surface area contributed by atoms with Crippen molar-refractivity contribution in [3.63, 3.8) is 0 Å². The molecule has 0 radical (unpaired) electrons. The van der Waals surface area contributed by atoms with Gasteiger partial charge in [0, 0.05) is 24.3 Å². The van der Waals surface area contributed by atoms with Gasteiger partial charge in [-0.2, -0.15) is 5.10 Å². The normalized spacial score (nSPS) is 27.3. The Bertz CT molecular complexity index is 428. The van der Waals surface area contributed by atoms with Crippen molar-refractivity contribution in [3.05, 3.63) is 17.5 Å². The standard InChI is InChI=1S/C13H20N4O/c1-2-9-7-12(16-15-9)13(18)17-10-3-4-11(17)8-14-6-5-10/h7,10-11,14H,2-6,8H2,1H3,(H,15,16). The first-order valence-electron chi connectivity index (χ1n) is 6.87. The Balaban J connectivity index is 1.82. The largest absolute Gasteiger partial charge is 0.330 e. The molecule has 1 aromatic rings. The lowest BCUT2D eigenvalue weighted by Crippen LogP contribution is -2.42. The SMILES string of the molecule is CCc1cc(C(=O)N2C3CCNCC2CC3)n[nH]1. The molecule has 2 saturated heterocycles. The predicted octanol–water partition coefficient (Wildman–Crippen LogP) is 0.939. The number of hydrogen-bond acceptors (Lipinski definition) is 3. The summed E-state index contributed by atoms with van der Waals surface area (Å²) in [7, 11) is 0. The Hall–Kier alpha value is -1.36. The summed E-state index contributed by atoms with van der Waals surface area (Å²) < 4.78 is 0. The van der Waals surface area contributed by atoms with Crippen LogP contribution in [0.2, 0.25) is 0 Å². The van der Waals surface area contributed by atoms with Crippen LogP contribution in [0.25, 0.3) is 0 Å². The second kappa shape index (κ2) is 4.72. The van der Waals surface area contributed by atoms with Crippen molar-refractivity contribution in [1.29, 1.82) is 0 Å². The molecule has 5 nitrogen and oxygen atoms in total. The van der Waals surface area contributed by atoms with E-state index in [-0.39, 0.29) is 5.91 Å². The molecule has 2 N–H and O–H groups in total. The highest BCUT2D eigenvalue weighted by atomic mass is 16.2. The first-order valence-corrected chi connectivity index (χ1v) is 6.87. The zero-order valence-electron chi connectivity index (χ0n) is 10.8. The van der Waals surface area contributed by atoms with E-state index in [1.807, 2.05) is 6.07 Å². The molecule has 3 heterocycles. The number of carbonyl (C=O) groups excluding carboxylic acids is 1. The van der Waals surface area contributed by atoms with Crippen molar-refractivity contribution in [2.24, 2.45) is 0 Å². The number of aromatic amines is 1. The molecule has 0 saturated carbocycles. The highest BCUT2D eigenvalue weighted by molar-refractivity contribution is 5.93. The molecule has 2 bridgehead atoms. The van der Waals surface area contributed by atoms with Crippen molar-refractivity contribution in [1.82, 2.24) is 20.4 Å². The predicted molar refractivity (Wildman–Crippen MR) is 68.4 cm³/mol. The number of amides is 1. The van der Waals surface area contributed by atoms with Crippen LogP contribution in [0.5, 0.6) is 0 Å². The van der Waals surface area contributed by atoms with E-state index in [1.54, 1.807) is 0 Å². The van der Waals surface area contributed by atoms with E-state index in [9.17, 15) is 4.79 Å². The molecular weight excluding hydrogens is 228 g/mol. The van der Waals surface area contributed by atoms with Crippen LogP contribution in [0.4, 0.5) is 0 Å². The third-order valence-corrected chi connectivity index (χ3v) is 4.12. The number of rotatable bonds is 2. The first-order chi connectivity index (χ1) is 8.79. The van der Waals surface area contributed by atoms with Crippen molar-refractivity contribution in [2.45, 2.75) is 44.7 Å². The fraction of sp³-hybridized carbons (Fsp3) is 0.692. The van der Waals surface area contributed by atoms with Gasteiger partial charge in [-0.25, -0.2) is 0 Å². The smallest absolute Gasteiger partial charge is 0.274 e. The quantitative estimate of drug-likeness (QED) is 0.819. The minimum atomic E-state index is 0.0992. The van der Waals surface area contributed by atoms with Crippen molar-refractivity contribution in [2.75, 3.05) is 13.1 Å². The Morgan fingerprint density at radius 3 is 3.06 bits per heavy atom. The summed E-state index contributed by atoms with van der Waals surface area (Å²) in [5.41, 5.74) is 1.60. The molecular formula is C13H20N4O. The van der Waals surface area contributed by atoms with Gasteiger partial charge in [-0.1, -0.05) is 6.92 Å². The number of aromatic nitrogens is 2. The van der Waals surface area contributed by atoms with Crippen LogP contribution in [0, 0.1) is 0 Å². The number of hydrogen-bond donors (Lipinski definition) is 2. The Kier molecular flexibility index (Phi) is 3.07. The van der Waals surface area contributed by atoms with Crippen LogP contribution in [0.15, 0.2) is 6.07 Å². The number of nitrogens with one attached hydrogen (secondary N) is 2. The van der Waals surface area contributed by atoms with Gasteiger partial charge in [-0.05, 0) is 38.3 Å². The highest BCUT2D eigenvalue weighted by Crippen LogP contribution is 2.29. The second-order valence-corrected chi connectivity index (χ2v) is 5.22. The van der Waals surface area contributed by atoms with E-state index < -0.39 is 0 Å². The molecule has 2 atom stereocenters. The summed E-state index contributed by atoms with van der Waals surface area (Å²) in [4.78, 5) is 14.6. The molecule has 2 aliphatic heterocycles. The van der Waals surface area contributed by atoms with Gasteiger partial charge in [-0.15, -0.1) is 0 Å². The summed E-state index contributed by atoms with van der Waals surface area (Å²) >= 11 is 0. The summed E-state index contributed by atoms with van der Waals surface area (Å²) in [6.45, 7) is 4.00. The second-order valence-electron chi connectivity index (χ2n) is 5.22. The Morgan fingerprint density at radius 1 is 1.44 bits per heavy atom. The van der Waals surface area contributed by atoms with Crippen LogP contribution in [0.3, 0.4) is 0 Å². The van der Waals surface area contributed by atoms with Gasteiger partial charge in [0.1, 0.15) is 5.69 Å². The monoisotopic (exact) mass is 248 g/mol. The van der Waals surface area contributed by atoms with Crippen LogP contribution < -0.4 is 5.32 Å². The fourth-order valence-electron chi connectivity index (χ4n) is 3.10. The maximum Gasteiger partial charge on any atom is 0.274 e. The van der Waals surface area contributed by atoms with Gasteiger partial charge in [0.2, 0.25) is 0 Å². The first kappa shape index (κ1) is 11.7. The average Bonchev–Trinajstić information content (AvgIpc) is 2.92. The molecule has 1 aromatic heterocycles. The van der Waals surface area contributed by atoms with E-state index in [1.165, 1.54) is 0 Å². The number of carbonyl (C=O) groups is 1. The topological polar surface area (TPSA) is 61.0 Å². The minimum Gasteiger partial charge on any atom is -0.330 e. The molecule has 0 spiro atoms. The fourth-order valence-corrected chi connectivity index (χ4v) is 3.10. The maximum absolute atomic E-state index is 12.6.